The van der Waals surface area contributed by atoms with Crippen molar-refractivity contribution in [3.8, 4) is 0 Å². The number of nitrogens with zero attached hydrogens (tertiary/aromatic N) is 3. The van der Waals surface area contributed by atoms with E-state index in [-0.39, 0.29) is 0 Å². The van der Waals surface area contributed by atoms with E-state index in [1.807, 2.05) is 12.1 Å². The van der Waals surface area contributed by atoms with E-state index in [0.29, 0.717) is 6.04 Å². The van der Waals surface area contributed by atoms with Crippen LogP contribution in [0.15, 0.2) is 54.9 Å². The smallest absolute Gasteiger partial charge is 0.225 e. The third-order valence-electron chi connectivity index (χ3n) is 3.96. The summed E-state index contributed by atoms with van der Waals surface area (Å²) < 4.78 is 0. The molecule has 114 valence electrons. The van der Waals surface area contributed by atoms with Crippen LogP contribution in [0.4, 0.5) is 5.95 Å². The molecule has 2 aromatic rings. The van der Waals surface area contributed by atoms with Crippen molar-refractivity contribution in [2.24, 2.45) is 0 Å². The minimum absolute atomic E-state index is 0.584. The zero-order chi connectivity index (χ0) is 15.0. The monoisotopic (exact) mass is 294 g/mol. The first-order chi connectivity index (χ1) is 10.9. The summed E-state index contributed by atoms with van der Waals surface area (Å²) in [7, 11) is 0. The van der Waals surface area contributed by atoms with Gasteiger partial charge >= 0.3 is 0 Å². The Balaban J connectivity index is 1.40. The maximum Gasteiger partial charge on any atom is 0.225 e. The quantitative estimate of drug-likeness (QED) is 0.920. The highest BCUT2D eigenvalue weighted by atomic mass is 15.3. The van der Waals surface area contributed by atoms with E-state index in [1.54, 1.807) is 12.4 Å². The number of hydrogen-bond acceptors (Lipinski definition) is 4. The lowest BCUT2D eigenvalue weighted by atomic mass is 10.1. The fraction of sp³-hybridized carbons (Fsp3) is 0.333. The molecule has 0 aliphatic carbocycles. The van der Waals surface area contributed by atoms with Gasteiger partial charge < -0.3 is 10.2 Å². The summed E-state index contributed by atoms with van der Waals surface area (Å²) in [5.41, 5.74) is 1.25. The highest BCUT2D eigenvalue weighted by Gasteiger charge is 2.19. The molecule has 0 bridgehead atoms. The molecular weight excluding hydrogens is 272 g/mol. The van der Waals surface area contributed by atoms with E-state index in [9.17, 15) is 0 Å². The second kappa shape index (κ2) is 7.71. The molecule has 0 radical (unpaired) electrons. The van der Waals surface area contributed by atoms with Crippen molar-refractivity contribution in [2.45, 2.75) is 18.9 Å². The van der Waals surface area contributed by atoms with Gasteiger partial charge in [0.05, 0.1) is 0 Å². The molecule has 22 heavy (non-hydrogen) atoms. The van der Waals surface area contributed by atoms with Gasteiger partial charge in [-0.05, 0) is 24.5 Å². The first-order valence-electron chi connectivity index (χ1n) is 7.89. The Morgan fingerprint density at radius 2 is 1.77 bits per heavy atom. The van der Waals surface area contributed by atoms with Crippen molar-refractivity contribution in [3.63, 3.8) is 0 Å². The molecule has 1 aliphatic rings. The van der Waals surface area contributed by atoms with Crippen molar-refractivity contribution in [2.75, 3.05) is 24.5 Å². The minimum Gasteiger partial charge on any atom is -0.341 e. The van der Waals surface area contributed by atoms with Crippen LogP contribution < -0.4 is 10.2 Å². The summed E-state index contributed by atoms with van der Waals surface area (Å²) in [4.78, 5) is 10.9. The first-order valence-corrected chi connectivity index (χ1v) is 7.89. The summed E-state index contributed by atoms with van der Waals surface area (Å²) in [6.07, 6.45) is 10.2. The Kier molecular flexibility index (Phi) is 5.16. The number of rotatable bonds is 5. The third kappa shape index (κ3) is 4.15. The van der Waals surface area contributed by atoms with Gasteiger partial charge in [0.25, 0.3) is 0 Å². The van der Waals surface area contributed by atoms with Crippen LogP contribution in [0.5, 0.6) is 0 Å². The van der Waals surface area contributed by atoms with E-state index in [0.717, 1.165) is 38.4 Å². The average molecular weight is 294 g/mol. The van der Waals surface area contributed by atoms with Crippen LogP contribution in [0.25, 0.3) is 6.08 Å². The summed E-state index contributed by atoms with van der Waals surface area (Å²) in [6, 6.07) is 12.9. The standard InChI is InChI=1S/C18H22N4/c1-2-6-16(7-3-1)8-4-11-19-17-9-14-22(15-10-17)18-20-12-5-13-21-18/h1-8,12-13,17,19H,9-11,14-15H2/b8-4+. The van der Waals surface area contributed by atoms with Gasteiger partial charge in [-0.1, -0.05) is 42.5 Å². The van der Waals surface area contributed by atoms with E-state index in [4.69, 9.17) is 0 Å². The fourth-order valence-corrected chi connectivity index (χ4v) is 2.73. The normalized spacial score (nSPS) is 16.3. The first kappa shape index (κ1) is 14.7. The largest absolute Gasteiger partial charge is 0.341 e. The number of anilines is 1. The van der Waals surface area contributed by atoms with Crippen LogP contribution in [-0.4, -0.2) is 35.6 Å². The highest BCUT2D eigenvalue weighted by molar-refractivity contribution is 5.48. The fourth-order valence-electron chi connectivity index (χ4n) is 2.73. The molecule has 0 unspecified atom stereocenters. The molecule has 0 spiro atoms. The molecule has 1 N–H and O–H groups in total. The topological polar surface area (TPSA) is 41.0 Å². The third-order valence-corrected chi connectivity index (χ3v) is 3.96. The highest BCUT2D eigenvalue weighted by Crippen LogP contribution is 2.15. The minimum atomic E-state index is 0.584. The van der Waals surface area contributed by atoms with Gasteiger partial charge in [-0.25, -0.2) is 9.97 Å². The molecule has 3 rings (SSSR count). The number of piperidine rings is 1. The molecule has 4 heteroatoms. The molecule has 0 amide bonds. The van der Waals surface area contributed by atoms with Gasteiger partial charge in [-0.15, -0.1) is 0 Å². The summed E-state index contributed by atoms with van der Waals surface area (Å²) in [5.74, 6) is 0.852. The molecule has 1 saturated heterocycles. The Bertz CT molecular complexity index is 575. The van der Waals surface area contributed by atoms with Crippen molar-refractivity contribution < 1.29 is 0 Å². The Hall–Kier alpha value is -2.20. The maximum absolute atomic E-state index is 4.32. The zero-order valence-corrected chi connectivity index (χ0v) is 12.7. The van der Waals surface area contributed by atoms with Gasteiger partial charge in [0.15, 0.2) is 0 Å². The average Bonchev–Trinajstić information content (AvgIpc) is 2.61. The lowest BCUT2D eigenvalue weighted by Crippen LogP contribution is -2.43. The second-order valence-corrected chi connectivity index (χ2v) is 5.53. The number of benzene rings is 1. The lowest BCUT2D eigenvalue weighted by molar-refractivity contribution is 0.427. The molecule has 4 nitrogen and oxygen atoms in total. The Labute approximate surface area is 131 Å². The van der Waals surface area contributed by atoms with Crippen LogP contribution in [0.3, 0.4) is 0 Å². The predicted octanol–water partition coefficient (Wildman–Crippen LogP) is 2.75. The maximum atomic E-state index is 4.32. The molecule has 0 saturated carbocycles. The van der Waals surface area contributed by atoms with Crippen LogP contribution in [0, 0.1) is 0 Å². The summed E-state index contributed by atoms with van der Waals surface area (Å²) in [5, 5.41) is 3.61. The summed E-state index contributed by atoms with van der Waals surface area (Å²) in [6.45, 7) is 2.95. The molecule has 2 heterocycles. The molecule has 1 aliphatic heterocycles. The molecule has 0 atom stereocenters. The number of aromatic nitrogens is 2. The van der Waals surface area contributed by atoms with Gasteiger partial charge in [0.1, 0.15) is 0 Å². The van der Waals surface area contributed by atoms with Crippen molar-refractivity contribution in [1.82, 2.24) is 15.3 Å². The van der Waals surface area contributed by atoms with E-state index < -0.39 is 0 Å². The van der Waals surface area contributed by atoms with Gasteiger partial charge in [0.2, 0.25) is 5.95 Å². The van der Waals surface area contributed by atoms with E-state index in [1.165, 1.54) is 5.56 Å². The Morgan fingerprint density at radius 1 is 1.05 bits per heavy atom. The SMILES string of the molecule is C(=C\c1ccccc1)/CNC1CCN(c2ncccn2)CC1. The number of hydrogen-bond donors (Lipinski definition) is 1. The van der Waals surface area contributed by atoms with Crippen LogP contribution >= 0.6 is 0 Å². The Morgan fingerprint density at radius 3 is 2.50 bits per heavy atom. The second-order valence-electron chi connectivity index (χ2n) is 5.53. The van der Waals surface area contributed by atoms with Crippen LogP contribution in [-0.2, 0) is 0 Å². The lowest BCUT2D eigenvalue weighted by Gasteiger charge is -2.32. The van der Waals surface area contributed by atoms with Crippen molar-refractivity contribution in [3.05, 3.63) is 60.4 Å². The molecule has 1 fully saturated rings. The van der Waals surface area contributed by atoms with Gasteiger partial charge in [-0.3, -0.25) is 0 Å². The molecule has 1 aromatic heterocycles. The number of nitrogens with one attached hydrogen (secondary N) is 1. The van der Waals surface area contributed by atoms with E-state index >= 15 is 0 Å². The van der Waals surface area contributed by atoms with Crippen molar-refractivity contribution >= 4 is 12.0 Å². The predicted molar refractivity (Wildman–Crippen MR) is 90.7 cm³/mol. The van der Waals surface area contributed by atoms with Crippen molar-refractivity contribution in [1.29, 1.82) is 0 Å². The van der Waals surface area contributed by atoms with E-state index in [2.05, 4.69) is 56.6 Å². The van der Waals surface area contributed by atoms with Gasteiger partial charge in [0, 0.05) is 38.1 Å². The van der Waals surface area contributed by atoms with Crippen LogP contribution in [0.2, 0.25) is 0 Å². The van der Waals surface area contributed by atoms with Gasteiger partial charge in [-0.2, -0.15) is 0 Å². The molecular formula is C18H22N4. The van der Waals surface area contributed by atoms with Crippen LogP contribution in [0.1, 0.15) is 18.4 Å². The summed E-state index contributed by atoms with van der Waals surface area (Å²) >= 11 is 0. The zero-order valence-electron chi connectivity index (χ0n) is 12.7. The molecule has 1 aromatic carbocycles.